The summed E-state index contributed by atoms with van der Waals surface area (Å²) in [6.07, 6.45) is 3.14. The smallest absolute Gasteiger partial charge is 0.344 e. The molecule has 188 valence electrons. The lowest BCUT2D eigenvalue weighted by molar-refractivity contribution is -0.394. The first-order chi connectivity index (χ1) is 17.8. The Kier molecular flexibility index (Phi) is 5.96. The molecule has 37 heavy (non-hydrogen) atoms. The number of hydrogen-bond acceptors (Lipinski definition) is 9. The third-order valence-electron chi connectivity index (χ3n) is 6.24. The van der Waals surface area contributed by atoms with Crippen molar-refractivity contribution in [2.24, 2.45) is 0 Å². The number of esters is 1. The lowest BCUT2D eigenvalue weighted by Gasteiger charge is -2.29. The Morgan fingerprint density at radius 1 is 1.03 bits per heavy atom. The summed E-state index contributed by atoms with van der Waals surface area (Å²) in [4.78, 5) is 33.7. The zero-order valence-electron chi connectivity index (χ0n) is 19.7. The maximum absolute atomic E-state index is 12.9. The van der Waals surface area contributed by atoms with E-state index in [9.17, 15) is 25.0 Å². The highest BCUT2D eigenvalue weighted by atomic mass is 16.6. The molecule has 0 N–H and O–H groups in total. The second kappa shape index (κ2) is 9.26. The van der Waals surface area contributed by atoms with Gasteiger partial charge >= 0.3 is 5.97 Å². The summed E-state index contributed by atoms with van der Waals surface area (Å²) in [6.45, 7) is 2.12. The minimum atomic E-state index is -0.984. The van der Waals surface area contributed by atoms with Gasteiger partial charge in [-0.25, -0.2) is 4.79 Å². The van der Waals surface area contributed by atoms with Gasteiger partial charge in [-0.1, -0.05) is 18.2 Å². The Hall–Kier alpha value is -4.93. The lowest BCUT2D eigenvalue weighted by atomic mass is 9.88. The van der Waals surface area contributed by atoms with E-state index in [1.165, 1.54) is 0 Å². The van der Waals surface area contributed by atoms with Crippen molar-refractivity contribution in [1.82, 2.24) is 0 Å². The van der Waals surface area contributed by atoms with Crippen LogP contribution >= 0.6 is 0 Å². The maximum Gasteiger partial charge on any atom is 0.344 e. The first-order valence-electron chi connectivity index (χ1n) is 11.2. The molecule has 3 aromatic rings. The molecule has 11 heteroatoms. The number of carbonyl (C=O) groups excluding carboxylic acids is 1. The Morgan fingerprint density at radius 2 is 1.73 bits per heavy atom. The molecule has 0 radical (unpaired) electrons. The second-order valence-electron chi connectivity index (χ2n) is 8.40. The third kappa shape index (κ3) is 4.20. The van der Waals surface area contributed by atoms with E-state index in [0.717, 1.165) is 29.3 Å². The molecule has 2 aliphatic rings. The predicted octanol–water partition coefficient (Wildman–Crippen LogP) is 5.37. The van der Waals surface area contributed by atoms with Crippen molar-refractivity contribution in [2.75, 3.05) is 13.7 Å². The van der Waals surface area contributed by atoms with Gasteiger partial charge in [0.2, 0.25) is 0 Å². The molecule has 0 fully saturated rings. The minimum absolute atomic E-state index is 0.0364. The van der Waals surface area contributed by atoms with Crippen molar-refractivity contribution < 1.29 is 33.6 Å². The van der Waals surface area contributed by atoms with Gasteiger partial charge in [0.25, 0.3) is 11.4 Å². The first kappa shape index (κ1) is 23.8. The van der Waals surface area contributed by atoms with Gasteiger partial charge in [0.1, 0.15) is 29.1 Å². The molecule has 0 amide bonds. The zero-order valence-corrected chi connectivity index (χ0v) is 19.7. The largest absolute Gasteiger partial charge is 0.497 e. The number of methoxy groups -OCH3 is 1. The topological polar surface area (TPSA) is 140 Å². The fourth-order valence-electron chi connectivity index (χ4n) is 4.54. The summed E-state index contributed by atoms with van der Waals surface area (Å²) >= 11 is 0. The molecule has 0 unspecified atom stereocenters. The van der Waals surface area contributed by atoms with Crippen molar-refractivity contribution >= 4 is 23.4 Å². The molecule has 5 rings (SSSR count). The fraction of sp³-hybridized carbons (Fsp3) is 0.192. The van der Waals surface area contributed by atoms with Gasteiger partial charge in [-0.05, 0) is 25.1 Å². The number of carbonyl (C=O) groups is 1. The molecule has 0 aromatic heterocycles. The van der Waals surface area contributed by atoms with Crippen LogP contribution in [0.3, 0.4) is 0 Å². The normalized spacial score (nSPS) is 17.1. The van der Waals surface area contributed by atoms with Crippen LogP contribution in [0.15, 0.2) is 54.6 Å². The molecule has 3 aromatic carbocycles. The number of hydrogen-bond donors (Lipinski definition) is 0. The zero-order chi connectivity index (χ0) is 26.3. The summed E-state index contributed by atoms with van der Waals surface area (Å²) in [7, 11) is 1.58. The van der Waals surface area contributed by atoms with Gasteiger partial charge in [0.15, 0.2) is 0 Å². The minimum Gasteiger partial charge on any atom is -0.497 e. The average molecular weight is 504 g/mol. The van der Waals surface area contributed by atoms with Crippen molar-refractivity contribution in [1.29, 1.82) is 0 Å². The molecule has 0 spiro atoms. The van der Waals surface area contributed by atoms with Crippen LogP contribution in [-0.2, 0) is 0 Å². The van der Waals surface area contributed by atoms with E-state index in [2.05, 4.69) is 0 Å². The van der Waals surface area contributed by atoms with Crippen LogP contribution in [0.1, 0.15) is 46.0 Å². The highest BCUT2D eigenvalue weighted by Gasteiger charge is 2.42. The van der Waals surface area contributed by atoms with Crippen LogP contribution < -0.4 is 18.9 Å². The lowest BCUT2D eigenvalue weighted by Crippen LogP contribution is -2.24. The average Bonchev–Trinajstić information content (AvgIpc) is 3.27. The van der Waals surface area contributed by atoms with Gasteiger partial charge < -0.3 is 18.9 Å². The number of nitrogens with zero attached hydrogens (tertiary/aromatic N) is 2. The monoisotopic (exact) mass is 504 g/mol. The standard InChI is InChI=1S/C26H20N2O9/c1-3-4-19-22(37-26(29)14-9-15(27(30)31)11-16(10-14)28(32)33)8-7-20-24(19)35-13-21-18-6-5-17(34-2)12-23(18)36-25(20)21/h3-12,21,25H,13H2,1-2H3/b4-3+/t21-,25-/m1/s1. The predicted molar refractivity (Wildman–Crippen MR) is 130 cm³/mol. The number of allylic oxidation sites excluding steroid dienone is 1. The number of fused-ring (bicyclic) bond motifs is 5. The van der Waals surface area contributed by atoms with E-state index >= 15 is 0 Å². The van der Waals surface area contributed by atoms with E-state index in [4.69, 9.17) is 18.9 Å². The molecule has 0 aliphatic carbocycles. The van der Waals surface area contributed by atoms with Gasteiger partial charge in [-0.2, -0.15) is 0 Å². The summed E-state index contributed by atoms with van der Waals surface area (Å²) in [5.41, 5.74) is 0.740. The number of nitro benzene ring substituents is 2. The van der Waals surface area contributed by atoms with Gasteiger partial charge in [0.05, 0.1) is 46.7 Å². The summed E-state index contributed by atoms with van der Waals surface area (Å²) in [5.74, 6) is 0.979. The Bertz CT molecular complexity index is 1450. The molecular weight excluding hydrogens is 484 g/mol. The number of non-ortho nitro benzene ring substituents is 2. The van der Waals surface area contributed by atoms with Gasteiger partial charge in [-0.3, -0.25) is 20.2 Å². The second-order valence-corrected chi connectivity index (χ2v) is 8.40. The van der Waals surface area contributed by atoms with Crippen LogP contribution in [0.4, 0.5) is 11.4 Å². The molecule has 2 atom stereocenters. The van der Waals surface area contributed by atoms with E-state index in [1.807, 2.05) is 18.2 Å². The van der Waals surface area contributed by atoms with Crippen molar-refractivity contribution in [3.8, 4) is 23.0 Å². The Morgan fingerprint density at radius 3 is 2.38 bits per heavy atom. The van der Waals surface area contributed by atoms with Crippen LogP contribution in [0.2, 0.25) is 0 Å². The van der Waals surface area contributed by atoms with Gasteiger partial charge in [0, 0.05) is 29.3 Å². The van der Waals surface area contributed by atoms with Crippen molar-refractivity contribution in [3.05, 3.63) is 97.1 Å². The van der Waals surface area contributed by atoms with E-state index < -0.39 is 27.2 Å². The van der Waals surface area contributed by atoms with Crippen LogP contribution in [0, 0.1) is 20.2 Å². The van der Waals surface area contributed by atoms with Crippen LogP contribution in [-0.4, -0.2) is 29.5 Å². The number of benzene rings is 3. The van der Waals surface area contributed by atoms with Crippen LogP contribution in [0.5, 0.6) is 23.0 Å². The molecular formula is C26H20N2O9. The highest BCUT2D eigenvalue weighted by Crippen LogP contribution is 2.53. The number of rotatable bonds is 6. The highest BCUT2D eigenvalue weighted by molar-refractivity contribution is 5.93. The fourth-order valence-corrected chi connectivity index (χ4v) is 4.54. The molecule has 11 nitrogen and oxygen atoms in total. The van der Waals surface area contributed by atoms with E-state index in [-0.39, 0.29) is 23.3 Å². The number of ether oxygens (including phenoxy) is 4. The molecule has 2 heterocycles. The molecule has 0 saturated carbocycles. The Balaban J connectivity index is 1.49. The van der Waals surface area contributed by atoms with E-state index in [1.54, 1.807) is 38.3 Å². The maximum atomic E-state index is 12.9. The first-order valence-corrected chi connectivity index (χ1v) is 11.2. The van der Waals surface area contributed by atoms with E-state index in [0.29, 0.717) is 29.4 Å². The molecule has 2 aliphatic heterocycles. The summed E-state index contributed by atoms with van der Waals surface area (Å²) in [6, 6.07) is 11.6. The summed E-state index contributed by atoms with van der Waals surface area (Å²) < 4.78 is 23.2. The SMILES string of the molecule is C/C=C/c1c(OC(=O)c2cc([N+](=O)[O-])cc([N+](=O)[O-])c2)ccc2c1OC[C@@H]1c3ccc(OC)cc3O[C@H]21. The summed E-state index contributed by atoms with van der Waals surface area (Å²) in [5, 5.41) is 22.4. The third-order valence-corrected chi connectivity index (χ3v) is 6.24. The van der Waals surface area contributed by atoms with Crippen LogP contribution in [0.25, 0.3) is 6.08 Å². The molecule has 0 saturated heterocycles. The quantitative estimate of drug-likeness (QED) is 0.187. The Labute approximate surface area is 210 Å². The molecule has 0 bridgehead atoms. The van der Waals surface area contributed by atoms with Crippen molar-refractivity contribution in [3.63, 3.8) is 0 Å². The van der Waals surface area contributed by atoms with Crippen molar-refractivity contribution in [2.45, 2.75) is 18.9 Å². The van der Waals surface area contributed by atoms with Gasteiger partial charge in [-0.15, -0.1) is 0 Å². The number of nitro groups is 2.